The first-order valence-corrected chi connectivity index (χ1v) is 9.82. The maximum Gasteiger partial charge on any atom is 0.353 e. The van der Waals surface area contributed by atoms with Gasteiger partial charge in [0.05, 0.1) is 13.2 Å². The molecule has 0 aromatic heterocycles. The lowest BCUT2D eigenvalue weighted by atomic mass is 10.2. The van der Waals surface area contributed by atoms with E-state index in [1.54, 1.807) is 0 Å². The Balaban J connectivity index is 3.63. The second-order valence-corrected chi connectivity index (χ2v) is 7.18. The average Bonchev–Trinajstić information content (AvgIpc) is 2.46. The summed E-state index contributed by atoms with van der Waals surface area (Å²) in [6.45, 7) is 8.96. The first kappa shape index (κ1) is 19.9. The fourth-order valence-corrected chi connectivity index (χ4v) is 2.99. The number of unbranched alkanes of at least 4 members (excludes halogenated alkanes) is 8. The number of hydrogen-bond donors (Lipinski definition) is 0. The van der Waals surface area contributed by atoms with Gasteiger partial charge in [0.2, 0.25) is 0 Å². The molecule has 0 unspecified atom stereocenters. The van der Waals surface area contributed by atoms with E-state index in [4.69, 9.17) is 9.05 Å². The van der Waals surface area contributed by atoms with Crippen LogP contribution in [0.4, 0.5) is 0 Å². The van der Waals surface area contributed by atoms with Gasteiger partial charge in [0.15, 0.2) is 0 Å². The van der Waals surface area contributed by atoms with Crippen molar-refractivity contribution in [2.75, 3.05) is 13.2 Å². The standard InChI is InChI=1S/C16H33O3P/c1-4-7-9-11-13-15-18-20(17,6-3)19-16-14-12-10-8-5-2/h6H,3-5,7-16H2,1-2H3. The molecule has 0 aliphatic carbocycles. The van der Waals surface area contributed by atoms with Crippen LogP contribution in [0.2, 0.25) is 0 Å². The first-order valence-electron chi connectivity index (χ1n) is 8.21. The Bertz CT molecular complexity index is 246. The molecular formula is C16H33O3P. The van der Waals surface area contributed by atoms with Crippen LogP contribution in [0.5, 0.6) is 0 Å². The SMILES string of the molecule is C=CP(=O)(OCCCCCCC)OCCCCCCC. The van der Waals surface area contributed by atoms with Gasteiger partial charge in [-0.05, 0) is 12.8 Å². The van der Waals surface area contributed by atoms with Crippen LogP contribution in [-0.2, 0) is 13.6 Å². The summed E-state index contributed by atoms with van der Waals surface area (Å²) in [6.07, 6.45) is 11.5. The van der Waals surface area contributed by atoms with E-state index in [2.05, 4.69) is 20.4 Å². The summed E-state index contributed by atoms with van der Waals surface area (Å²) < 4.78 is 23.0. The quantitative estimate of drug-likeness (QED) is 0.263. The lowest BCUT2D eigenvalue weighted by molar-refractivity contribution is 0.205. The van der Waals surface area contributed by atoms with Crippen molar-refractivity contribution >= 4 is 7.60 Å². The van der Waals surface area contributed by atoms with Crippen molar-refractivity contribution in [2.24, 2.45) is 0 Å². The Morgan fingerprint density at radius 2 is 1.20 bits per heavy atom. The summed E-state index contributed by atoms with van der Waals surface area (Å²) in [6, 6.07) is 0. The molecule has 0 atom stereocenters. The third-order valence-electron chi connectivity index (χ3n) is 3.26. The molecule has 0 fully saturated rings. The minimum atomic E-state index is -3.05. The van der Waals surface area contributed by atoms with Gasteiger partial charge < -0.3 is 9.05 Å². The van der Waals surface area contributed by atoms with Crippen molar-refractivity contribution in [1.82, 2.24) is 0 Å². The molecule has 0 radical (unpaired) electrons. The van der Waals surface area contributed by atoms with Gasteiger partial charge in [0.25, 0.3) is 0 Å². The Labute approximate surface area is 125 Å². The zero-order valence-electron chi connectivity index (χ0n) is 13.4. The van der Waals surface area contributed by atoms with Gasteiger partial charge in [0.1, 0.15) is 0 Å². The Kier molecular flexibility index (Phi) is 13.8. The monoisotopic (exact) mass is 304 g/mol. The Morgan fingerprint density at radius 3 is 1.55 bits per heavy atom. The van der Waals surface area contributed by atoms with Crippen LogP contribution in [0, 0.1) is 0 Å². The van der Waals surface area contributed by atoms with Crippen LogP contribution in [-0.4, -0.2) is 13.2 Å². The van der Waals surface area contributed by atoms with Gasteiger partial charge in [0, 0.05) is 5.82 Å². The lowest BCUT2D eigenvalue weighted by Crippen LogP contribution is -1.98. The lowest BCUT2D eigenvalue weighted by Gasteiger charge is -2.14. The van der Waals surface area contributed by atoms with E-state index in [9.17, 15) is 4.57 Å². The minimum Gasteiger partial charge on any atom is -0.306 e. The zero-order valence-corrected chi connectivity index (χ0v) is 14.3. The molecule has 0 aliphatic heterocycles. The predicted molar refractivity (Wildman–Crippen MR) is 87.2 cm³/mol. The predicted octanol–water partition coefficient (Wildman–Crippen LogP) is 6.30. The second-order valence-electron chi connectivity index (χ2n) is 5.22. The van der Waals surface area contributed by atoms with Gasteiger partial charge in [-0.25, -0.2) is 0 Å². The van der Waals surface area contributed by atoms with E-state index < -0.39 is 7.60 Å². The molecule has 120 valence electrons. The summed E-state index contributed by atoms with van der Waals surface area (Å²) in [5.41, 5.74) is 0. The van der Waals surface area contributed by atoms with Crippen molar-refractivity contribution in [2.45, 2.75) is 78.1 Å². The first-order chi connectivity index (χ1) is 9.68. The van der Waals surface area contributed by atoms with Crippen LogP contribution < -0.4 is 0 Å². The summed E-state index contributed by atoms with van der Waals surface area (Å²) in [5, 5.41) is 0. The molecule has 0 bridgehead atoms. The normalized spacial score (nSPS) is 11.7. The Morgan fingerprint density at radius 1 is 0.800 bits per heavy atom. The molecule has 0 rings (SSSR count). The highest BCUT2D eigenvalue weighted by Gasteiger charge is 2.18. The third kappa shape index (κ3) is 11.7. The smallest absolute Gasteiger partial charge is 0.306 e. The number of hydrogen-bond acceptors (Lipinski definition) is 3. The third-order valence-corrected chi connectivity index (χ3v) is 4.79. The highest BCUT2D eigenvalue weighted by Crippen LogP contribution is 2.49. The topological polar surface area (TPSA) is 35.5 Å². The van der Waals surface area contributed by atoms with Crippen molar-refractivity contribution in [3.05, 3.63) is 12.4 Å². The van der Waals surface area contributed by atoms with E-state index in [1.165, 1.54) is 44.3 Å². The molecule has 0 aliphatic rings. The van der Waals surface area contributed by atoms with Gasteiger partial charge >= 0.3 is 7.60 Å². The molecule has 0 amide bonds. The summed E-state index contributed by atoms with van der Waals surface area (Å²) >= 11 is 0. The molecule has 0 heterocycles. The van der Waals surface area contributed by atoms with Gasteiger partial charge in [-0.3, -0.25) is 4.57 Å². The van der Waals surface area contributed by atoms with E-state index in [0.717, 1.165) is 25.7 Å². The second kappa shape index (κ2) is 13.9. The highest BCUT2D eigenvalue weighted by molar-refractivity contribution is 7.57. The van der Waals surface area contributed by atoms with E-state index >= 15 is 0 Å². The van der Waals surface area contributed by atoms with E-state index in [1.807, 2.05) is 0 Å². The van der Waals surface area contributed by atoms with Crippen LogP contribution in [0.3, 0.4) is 0 Å². The maximum atomic E-state index is 12.2. The molecule has 0 N–H and O–H groups in total. The zero-order chi connectivity index (χ0) is 15.1. The average molecular weight is 304 g/mol. The van der Waals surface area contributed by atoms with Crippen molar-refractivity contribution in [3.8, 4) is 0 Å². The molecular weight excluding hydrogens is 271 g/mol. The van der Waals surface area contributed by atoms with Gasteiger partial charge in [-0.1, -0.05) is 71.8 Å². The molecule has 0 saturated heterocycles. The minimum absolute atomic E-state index is 0.503. The fraction of sp³-hybridized carbons (Fsp3) is 0.875. The Hall–Kier alpha value is -0.110. The molecule has 0 saturated carbocycles. The van der Waals surface area contributed by atoms with Crippen LogP contribution in [0.25, 0.3) is 0 Å². The molecule has 20 heavy (non-hydrogen) atoms. The summed E-state index contributed by atoms with van der Waals surface area (Å²) in [7, 11) is -3.05. The molecule has 0 aromatic carbocycles. The molecule has 0 aromatic rings. The maximum absolute atomic E-state index is 12.2. The largest absolute Gasteiger partial charge is 0.353 e. The van der Waals surface area contributed by atoms with E-state index in [-0.39, 0.29) is 0 Å². The van der Waals surface area contributed by atoms with Crippen molar-refractivity contribution < 1.29 is 13.6 Å². The summed E-state index contributed by atoms with van der Waals surface area (Å²) in [5.74, 6) is 1.34. The van der Waals surface area contributed by atoms with E-state index in [0.29, 0.717) is 13.2 Å². The van der Waals surface area contributed by atoms with Crippen LogP contribution in [0.15, 0.2) is 12.4 Å². The molecule has 3 nitrogen and oxygen atoms in total. The van der Waals surface area contributed by atoms with Crippen LogP contribution >= 0.6 is 7.60 Å². The van der Waals surface area contributed by atoms with Crippen LogP contribution in [0.1, 0.15) is 78.1 Å². The summed E-state index contributed by atoms with van der Waals surface area (Å²) in [4.78, 5) is 0. The van der Waals surface area contributed by atoms with Gasteiger partial charge in [-0.15, -0.1) is 0 Å². The number of rotatable bonds is 15. The molecule has 4 heteroatoms. The van der Waals surface area contributed by atoms with Crippen molar-refractivity contribution in [3.63, 3.8) is 0 Å². The van der Waals surface area contributed by atoms with Gasteiger partial charge in [-0.2, -0.15) is 0 Å². The highest BCUT2D eigenvalue weighted by atomic mass is 31.2. The van der Waals surface area contributed by atoms with Crippen molar-refractivity contribution in [1.29, 1.82) is 0 Å². The fourth-order valence-electron chi connectivity index (χ4n) is 1.94. The molecule has 0 spiro atoms.